The van der Waals surface area contributed by atoms with Crippen LogP contribution in [-0.2, 0) is 6.42 Å². The summed E-state index contributed by atoms with van der Waals surface area (Å²) < 4.78 is 0. The lowest BCUT2D eigenvalue weighted by Crippen LogP contribution is -1.83. The normalized spacial score (nSPS) is 10.5. The van der Waals surface area contributed by atoms with Crippen LogP contribution in [0.25, 0.3) is 10.8 Å². The Morgan fingerprint density at radius 3 is 2.85 bits per heavy atom. The number of hydrogen-bond donors (Lipinski definition) is 1. The number of fused-ring (bicyclic) bond motifs is 1. The molecule has 0 aromatic heterocycles. The second-order valence-electron chi connectivity index (χ2n) is 3.08. The largest absolute Gasteiger partial charge is 0.507 e. The summed E-state index contributed by atoms with van der Waals surface area (Å²) in [4.78, 5) is 0. The first-order chi connectivity index (χ1) is 6.31. The van der Waals surface area contributed by atoms with Crippen LogP contribution in [0.15, 0.2) is 30.3 Å². The Bertz CT molecular complexity index is 432. The zero-order valence-electron chi connectivity index (χ0n) is 7.54. The predicted octanol–water partition coefficient (Wildman–Crippen LogP) is 2.91. The monoisotopic (exact) mass is 171 g/mol. The number of phenolic OH excluding ortho intramolecular Hbond substituents is 1. The molecule has 0 unspecified atom stereocenters. The molecule has 1 radical (unpaired) electrons. The third-order valence-corrected chi connectivity index (χ3v) is 2.23. The zero-order chi connectivity index (χ0) is 9.26. The molecule has 1 N–H and O–H groups in total. The lowest BCUT2D eigenvalue weighted by Gasteiger charge is -2.04. The maximum absolute atomic E-state index is 9.39. The van der Waals surface area contributed by atoms with Crippen LogP contribution in [0.4, 0.5) is 0 Å². The molecular weight excluding hydrogens is 160 g/mol. The molecule has 2 aromatic rings. The highest BCUT2D eigenvalue weighted by molar-refractivity contribution is 5.86. The minimum Gasteiger partial charge on any atom is -0.507 e. The van der Waals surface area contributed by atoms with Gasteiger partial charge < -0.3 is 5.11 Å². The third kappa shape index (κ3) is 1.37. The summed E-state index contributed by atoms with van der Waals surface area (Å²) in [5.74, 6) is 0.232. The van der Waals surface area contributed by atoms with Crippen molar-refractivity contribution in [2.24, 2.45) is 0 Å². The molecule has 0 spiro atoms. The first kappa shape index (κ1) is 8.11. The summed E-state index contributed by atoms with van der Waals surface area (Å²) in [5, 5.41) is 11.6. The second-order valence-corrected chi connectivity index (χ2v) is 3.08. The van der Waals surface area contributed by atoms with Crippen molar-refractivity contribution in [3.05, 3.63) is 42.0 Å². The molecule has 13 heavy (non-hydrogen) atoms. The van der Waals surface area contributed by atoms with Crippen molar-refractivity contribution in [2.45, 2.75) is 13.3 Å². The summed E-state index contributed by atoms with van der Waals surface area (Å²) in [6.45, 7) is 2.08. The molecule has 1 heteroatoms. The summed E-state index contributed by atoms with van der Waals surface area (Å²) >= 11 is 0. The highest BCUT2D eigenvalue weighted by Gasteiger charge is 2.00. The molecule has 1 nitrogen and oxygen atoms in total. The van der Waals surface area contributed by atoms with Gasteiger partial charge in [-0.15, -0.1) is 0 Å². The molecule has 0 aliphatic heterocycles. The van der Waals surface area contributed by atoms with Crippen LogP contribution in [0.2, 0.25) is 0 Å². The van der Waals surface area contributed by atoms with E-state index < -0.39 is 0 Å². The molecule has 65 valence electrons. The quantitative estimate of drug-likeness (QED) is 0.699. The van der Waals surface area contributed by atoms with Gasteiger partial charge in [-0.3, -0.25) is 0 Å². The molecule has 0 heterocycles. The van der Waals surface area contributed by atoms with Crippen LogP contribution >= 0.6 is 0 Å². The van der Waals surface area contributed by atoms with E-state index in [4.69, 9.17) is 0 Å². The average Bonchev–Trinajstić information content (AvgIpc) is 2.16. The van der Waals surface area contributed by atoms with Gasteiger partial charge in [-0.1, -0.05) is 31.2 Å². The second kappa shape index (κ2) is 3.09. The Morgan fingerprint density at radius 2 is 2.08 bits per heavy atom. The van der Waals surface area contributed by atoms with Crippen molar-refractivity contribution in [1.82, 2.24) is 0 Å². The Kier molecular flexibility index (Phi) is 1.93. The molecule has 0 amide bonds. The van der Waals surface area contributed by atoms with E-state index in [2.05, 4.69) is 19.1 Å². The Balaban J connectivity index is 2.81. The number of hydrogen-bond acceptors (Lipinski definition) is 1. The summed E-state index contributed by atoms with van der Waals surface area (Å²) in [6.07, 6.45) is 0.933. The maximum atomic E-state index is 9.39. The van der Waals surface area contributed by atoms with E-state index in [0.717, 1.165) is 11.8 Å². The molecule has 0 atom stereocenters. The Hall–Kier alpha value is -1.50. The van der Waals surface area contributed by atoms with Gasteiger partial charge in [-0.05, 0) is 28.8 Å². The van der Waals surface area contributed by atoms with Crippen molar-refractivity contribution in [3.63, 3.8) is 0 Å². The SMILES string of the molecule is CCc1cc(O)[c]c2ccccc12. The standard InChI is InChI=1S/C12H11O/c1-2-9-7-11(13)8-10-5-3-4-6-12(9)10/h3-7,13H,2H2,1H3. The summed E-state index contributed by atoms with van der Waals surface area (Å²) in [6, 6.07) is 12.7. The maximum Gasteiger partial charge on any atom is 0.124 e. The van der Waals surface area contributed by atoms with Gasteiger partial charge in [0, 0.05) is 6.07 Å². The van der Waals surface area contributed by atoms with E-state index in [1.165, 1.54) is 10.9 Å². The number of phenols is 1. The van der Waals surface area contributed by atoms with E-state index in [0.29, 0.717) is 0 Å². The van der Waals surface area contributed by atoms with Crippen LogP contribution in [0.1, 0.15) is 12.5 Å². The number of aromatic hydroxyl groups is 1. The first-order valence-electron chi connectivity index (χ1n) is 4.44. The van der Waals surface area contributed by atoms with Crippen molar-refractivity contribution < 1.29 is 5.11 Å². The lowest BCUT2D eigenvalue weighted by molar-refractivity contribution is 0.474. The topological polar surface area (TPSA) is 20.2 Å². The van der Waals surface area contributed by atoms with E-state index in [1.807, 2.05) is 18.2 Å². The highest BCUT2D eigenvalue weighted by atomic mass is 16.3. The molecule has 0 bridgehead atoms. The van der Waals surface area contributed by atoms with Crippen LogP contribution in [0, 0.1) is 6.07 Å². The molecular formula is C12H11O. The van der Waals surface area contributed by atoms with Crippen LogP contribution in [0.3, 0.4) is 0 Å². The molecule has 0 saturated heterocycles. The van der Waals surface area contributed by atoms with Gasteiger partial charge in [0.15, 0.2) is 0 Å². The van der Waals surface area contributed by atoms with E-state index in [1.54, 1.807) is 6.07 Å². The minimum atomic E-state index is 0.232. The van der Waals surface area contributed by atoms with Gasteiger partial charge in [-0.2, -0.15) is 0 Å². The fourth-order valence-corrected chi connectivity index (χ4v) is 1.58. The van der Waals surface area contributed by atoms with Crippen LogP contribution in [0.5, 0.6) is 5.75 Å². The van der Waals surface area contributed by atoms with Crippen molar-refractivity contribution in [1.29, 1.82) is 0 Å². The number of benzene rings is 2. The summed E-state index contributed by atoms with van der Waals surface area (Å²) in [5.41, 5.74) is 1.17. The van der Waals surface area contributed by atoms with Gasteiger partial charge in [-0.25, -0.2) is 0 Å². The number of aryl methyl sites for hydroxylation is 1. The minimum absolute atomic E-state index is 0.232. The molecule has 2 rings (SSSR count). The van der Waals surface area contributed by atoms with Crippen molar-refractivity contribution >= 4 is 10.8 Å². The van der Waals surface area contributed by atoms with Crippen molar-refractivity contribution in [2.75, 3.05) is 0 Å². The van der Waals surface area contributed by atoms with Gasteiger partial charge in [0.05, 0.1) is 0 Å². The fourth-order valence-electron chi connectivity index (χ4n) is 1.58. The van der Waals surface area contributed by atoms with Crippen molar-refractivity contribution in [3.8, 4) is 5.75 Å². The highest BCUT2D eigenvalue weighted by Crippen LogP contribution is 2.23. The third-order valence-electron chi connectivity index (χ3n) is 2.23. The van der Waals surface area contributed by atoms with E-state index >= 15 is 0 Å². The average molecular weight is 171 g/mol. The first-order valence-corrected chi connectivity index (χ1v) is 4.44. The van der Waals surface area contributed by atoms with Gasteiger partial charge in [0.25, 0.3) is 0 Å². The predicted molar refractivity (Wildman–Crippen MR) is 53.8 cm³/mol. The molecule has 2 aromatic carbocycles. The van der Waals surface area contributed by atoms with Gasteiger partial charge >= 0.3 is 0 Å². The summed E-state index contributed by atoms with van der Waals surface area (Å²) in [7, 11) is 0. The molecule has 0 fully saturated rings. The van der Waals surface area contributed by atoms with E-state index in [-0.39, 0.29) is 5.75 Å². The molecule has 0 saturated carbocycles. The van der Waals surface area contributed by atoms with Gasteiger partial charge in [0.2, 0.25) is 0 Å². The van der Waals surface area contributed by atoms with Gasteiger partial charge in [0.1, 0.15) is 5.75 Å². The smallest absolute Gasteiger partial charge is 0.124 e. The fraction of sp³-hybridized carbons (Fsp3) is 0.167. The van der Waals surface area contributed by atoms with Crippen LogP contribution < -0.4 is 0 Å². The molecule has 0 aliphatic carbocycles. The number of rotatable bonds is 1. The van der Waals surface area contributed by atoms with Crippen LogP contribution in [-0.4, -0.2) is 5.11 Å². The lowest BCUT2D eigenvalue weighted by atomic mass is 10.0. The van der Waals surface area contributed by atoms with E-state index in [9.17, 15) is 5.11 Å². The Labute approximate surface area is 77.6 Å². The molecule has 0 aliphatic rings. The Morgan fingerprint density at radius 1 is 1.31 bits per heavy atom. The zero-order valence-corrected chi connectivity index (χ0v) is 7.54.